The molecule has 0 bridgehead atoms. The molecule has 2 N–H and O–H groups in total. The van der Waals surface area contributed by atoms with Crippen LogP contribution in [0.15, 0.2) is 60.0 Å². The zero-order chi connectivity index (χ0) is 24.9. The van der Waals surface area contributed by atoms with E-state index >= 15 is 0 Å². The Morgan fingerprint density at radius 1 is 1.17 bits per heavy atom. The van der Waals surface area contributed by atoms with Crippen LogP contribution in [0.5, 0.6) is 0 Å². The Morgan fingerprint density at radius 3 is 2.63 bits per heavy atom. The zero-order valence-corrected chi connectivity index (χ0v) is 21.0. The van der Waals surface area contributed by atoms with Crippen molar-refractivity contribution >= 4 is 40.4 Å². The second-order valence-electron chi connectivity index (χ2n) is 8.76. The third kappa shape index (κ3) is 5.61. The van der Waals surface area contributed by atoms with Gasteiger partial charge in [-0.3, -0.25) is 14.4 Å². The van der Waals surface area contributed by atoms with Crippen molar-refractivity contribution in [1.82, 2.24) is 10.2 Å². The number of hydrogen-bond donors (Lipinski definition) is 2. The molecular weight excluding hydrogens is 460 g/mol. The minimum atomic E-state index is -0.454. The molecule has 0 radical (unpaired) electrons. The van der Waals surface area contributed by atoms with Gasteiger partial charge in [-0.25, -0.2) is 0 Å². The summed E-state index contributed by atoms with van der Waals surface area (Å²) in [7, 11) is 3.58. The molecular formula is C27H30N4O3S. The Morgan fingerprint density at radius 2 is 1.94 bits per heavy atom. The molecule has 0 fully saturated rings. The maximum absolute atomic E-state index is 13.7. The van der Waals surface area contributed by atoms with Crippen LogP contribution < -0.4 is 15.5 Å². The molecule has 182 valence electrons. The molecule has 1 atom stereocenters. The highest BCUT2D eigenvalue weighted by Crippen LogP contribution is 2.39. The molecule has 0 saturated heterocycles. The normalized spacial score (nSPS) is 15.2. The van der Waals surface area contributed by atoms with Crippen LogP contribution in [0.25, 0.3) is 0 Å². The fraction of sp³-hybridized carbons (Fsp3) is 0.296. The van der Waals surface area contributed by atoms with Crippen LogP contribution in [-0.2, 0) is 16.0 Å². The number of rotatable bonds is 7. The van der Waals surface area contributed by atoms with E-state index in [0.29, 0.717) is 30.0 Å². The van der Waals surface area contributed by atoms with E-state index in [9.17, 15) is 14.4 Å². The Labute approximate surface area is 209 Å². The minimum Gasteiger partial charge on any atom is -0.340 e. The monoisotopic (exact) mass is 490 g/mol. The molecule has 7 nitrogen and oxygen atoms in total. The Balaban J connectivity index is 1.75. The second kappa shape index (κ2) is 10.8. The lowest BCUT2D eigenvalue weighted by molar-refractivity contribution is -0.119. The van der Waals surface area contributed by atoms with Crippen molar-refractivity contribution in [3.05, 3.63) is 81.5 Å². The van der Waals surface area contributed by atoms with Gasteiger partial charge in [-0.15, -0.1) is 11.3 Å². The molecule has 3 amide bonds. The first kappa shape index (κ1) is 24.6. The summed E-state index contributed by atoms with van der Waals surface area (Å²) in [5, 5.41) is 7.92. The van der Waals surface area contributed by atoms with Gasteiger partial charge in [0, 0.05) is 30.6 Å². The average molecular weight is 491 g/mol. The lowest BCUT2D eigenvalue weighted by Crippen LogP contribution is -2.36. The molecule has 0 spiro atoms. The SMILES string of the molecule is CNCCN(C)C(=O)c1ccc2c(c1)NC(=O)CC(c1ccc(C)cc1)N2C(=O)Cc1cccs1. The molecule has 3 aromatic rings. The van der Waals surface area contributed by atoms with E-state index in [2.05, 4.69) is 10.6 Å². The lowest BCUT2D eigenvalue weighted by Gasteiger charge is -2.31. The number of likely N-dealkylation sites (N-methyl/N-ethyl adjacent to an activating group) is 2. The number of nitrogens with zero attached hydrogens (tertiary/aromatic N) is 2. The number of benzene rings is 2. The van der Waals surface area contributed by atoms with E-state index in [4.69, 9.17) is 0 Å². The van der Waals surface area contributed by atoms with Gasteiger partial charge in [-0.2, -0.15) is 0 Å². The van der Waals surface area contributed by atoms with Crippen LogP contribution in [0.2, 0.25) is 0 Å². The van der Waals surface area contributed by atoms with Gasteiger partial charge in [-0.1, -0.05) is 35.9 Å². The highest BCUT2D eigenvalue weighted by atomic mass is 32.1. The summed E-state index contributed by atoms with van der Waals surface area (Å²) in [6.07, 6.45) is 0.361. The van der Waals surface area contributed by atoms with E-state index in [1.165, 1.54) is 11.3 Å². The Hall–Kier alpha value is -3.49. The zero-order valence-electron chi connectivity index (χ0n) is 20.2. The topological polar surface area (TPSA) is 81.8 Å². The fourth-order valence-electron chi connectivity index (χ4n) is 4.23. The van der Waals surface area contributed by atoms with Crippen molar-refractivity contribution < 1.29 is 14.4 Å². The van der Waals surface area contributed by atoms with Crippen molar-refractivity contribution in [2.24, 2.45) is 0 Å². The molecule has 35 heavy (non-hydrogen) atoms. The number of fused-ring (bicyclic) bond motifs is 1. The van der Waals surface area contributed by atoms with Gasteiger partial charge in [0.15, 0.2) is 0 Å². The molecule has 4 rings (SSSR count). The summed E-state index contributed by atoms with van der Waals surface area (Å²) in [5.74, 6) is -0.439. The fourth-order valence-corrected chi connectivity index (χ4v) is 4.92. The summed E-state index contributed by atoms with van der Waals surface area (Å²) in [6.45, 7) is 3.23. The lowest BCUT2D eigenvalue weighted by atomic mass is 9.99. The van der Waals surface area contributed by atoms with Gasteiger partial charge in [0.25, 0.3) is 5.91 Å². The minimum absolute atomic E-state index is 0.0963. The maximum atomic E-state index is 13.7. The summed E-state index contributed by atoms with van der Waals surface area (Å²) >= 11 is 1.53. The predicted octanol–water partition coefficient (Wildman–Crippen LogP) is 4.01. The van der Waals surface area contributed by atoms with Crippen molar-refractivity contribution in [2.45, 2.75) is 25.8 Å². The van der Waals surface area contributed by atoms with Crippen LogP contribution in [0.4, 0.5) is 11.4 Å². The number of nitrogens with one attached hydrogen (secondary N) is 2. The maximum Gasteiger partial charge on any atom is 0.253 e. The van der Waals surface area contributed by atoms with Crippen LogP contribution in [0.1, 0.15) is 38.8 Å². The third-order valence-electron chi connectivity index (χ3n) is 6.15. The molecule has 0 aliphatic carbocycles. The van der Waals surface area contributed by atoms with E-state index < -0.39 is 6.04 Å². The molecule has 0 saturated carbocycles. The first-order chi connectivity index (χ1) is 16.9. The first-order valence-electron chi connectivity index (χ1n) is 11.6. The first-order valence-corrected chi connectivity index (χ1v) is 12.5. The summed E-state index contributed by atoms with van der Waals surface area (Å²) in [4.78, 5) is 43.9. The molecule has 2 aromatic carbocycles. The standard InChI is InChI=1S/C27H30N4O3S/c1-18-6-8-19(9-7-18)24-17-25(32)29-22-15-20(27(34)30(3)13-12-28-2)10-11-23(22)31(24)26(33)16-21-5-4-14-35-21/h4-11,14-15,24,28H,12-13,16-17H2,1-3H3,(H,29,32). The number of hydrogen-bond acceptors (Lipinski definition) is 5. The summed E-state index contributed by atoms with van der Waals surface area (Å²) < 4.78 is 0. The second-order valence-corrected chi connectivity index (χ2v) is 9.79. The molecule has 8 heteroatoms. The van der Waals surface area contributed by atoms with Crippen LogP contribution in [0, 0.1) is 6.92 Å². The third-order valence-corrected chi connectivity index (χ3v) is 7.02. The van der Waals surface area contributed by atoms with Crippen molar-refractivity contribution in [1.29, 1.82) is 0 Å². The van der Waals surface area contributed by atoms with Crippen LogP contribution >= 0.6 is 11.3 Å². The smallest absolute Gasteiger partial charge is 0.253 e. The van der Waals surface area contributed by atoms with Gasteiger partial charge in [0.1, 0.15) is 0 Å². The van der Waals surface area contributed by atoms with Crippen molar-refractivity contribution in [3.63, 3.8) is 0 Å². The highest BCUT2D eigenvalue weighted by Gasteiger charge is 2.34. The molecule has 1 unspecified atom stereocenters. The van der Waals surface area contributed by atoms with E-state index in [1.807, 2.05) is 55.7 Å². The summed E-state index contributed by atoms with van der Waals surface area (Å²) in [6, 6.07) is 16.5. The highest BCUT2D eigenvalue weighted by molar-refractivity contribution is 7.10. The number of anilines is 2. The number of thiophene rings is 1. The van der Waals surface area contributed by atoms with E-state index in [0.717, 1.165) is 16.0 Å². The molecule has 1 aliphatic heterocycles. The van der Waals surface area contributed by atoms with Gasteiger partial charge in [-0.05, 0) is 49.2 Å². The number of carbonyl (C=O) groups excluding carboxylic acids is 3. The molecule has 1 aromatic heterocycles. The van der Waals surface area contributed by atoms with Gasteiger partial charge in [0.05, 0.1) is 30.3 Å². The quantitative estimate of drug-likeness (QED) is 0.524. The number of amides is 3. The molecule has 1 aliphatic rings. The van der Waals surface area contributed by atoms with Crippen molar-refractivity contribution in [2.75, 3.05) is 37.4 Å². The number of aryl methyl sites for hydroxylation is 1. The van der Waals surface area contributed by atoms with E-state index in [1.54, 1.807) is 35.0 Å². The molecule has 2 heterocycles. The Kier molecular flexibility index (Phi) is 7.63. The largest absolute Gasteiger partial charge is 0.340 e. The van der Waals surface area contributed by atoms with Crippen molar-refractivity contribution in [3.8, 4) is 0 Å². The van der Waals surface area contributed by atoms with Gasteiger partial charge >= 0.3 is 0 Å². The van der Waals surface area contributed by atoms with Gasteiger partial charge < -0.3 is 20.4 Å². The average Bonchev–Trinajstić information content (AvgIpc) is 3.30. The van der Waals surface area contributed by atoms with E-state index in [-0.39, 0.29) is 30.6 Å². The predicted molar refractivity (Wildman–Crippen MR) is 140 cm³/mol. The summed E-state index contributed by atoms with van der Waals surface area (Å²) in [5.41, 5.74) is 3.52. The number of carbonyl (C=O) groups is 3. The van der Waals surface area contributed by atoms with Crippen LogP contribution in [0.3, 0.4) is 0 Å². The Bertz CT molecular complexity index is 1210. The van der Waals surface area contributed by atoms with Gasteiger partial charge in [0.2, 0.25) is 11.8 Å². The van der Waals surface area contributed by atoms with Crippen LogP contribution in [-0.4, -0.2) is 49.8 Å².